The third-order valence-corrected chi connectivity index (χ3v) is 2.94. The minimum Gasteiger partial charge on any atom is -0.481 e. The van der Waals surface area contributed by atoms with E-state index in [4.69, 9.17) is 10.2 Å². The minimum atomic E-state index is -0.886. The molecule has 0 aromatic rings. The van der Waals surface area contributed by atoms with Crippen LogP contribution in [0.15, 0.2) is 0 Å². The molecule has 0 radical (unpaired) electrons. The molecule has 0 unspecified atom stereocenters. The molecule has 0 saturated heterocycles. The van der Waals surface area contributed by atoms with E-state index in [1.807, 2.05) is 0 Å². The van der Waals surface area contributed by atoms with Crippen molar-refractivity contribution in [1.29, 1.82) is 0 Å². The molecule has 0 aromatic carbocycles. The molecule has 0 aliphatic heterocycles. The van der Waals surface area contributed by atoms with Gasteiger partial charge in [0.25, 0.3) is 0 Å². The van der Waals surface area contributed by atoms with Crippen molar-refractivity contribution in [3.05, 3.63) is 0 Å². The van der Waals surface area contributed by atoms with E-state index in [1.165, 1.54) is 0 Å². The van der Waals surface area contributed by atoms with Crippen LogP contribution in [0.3, 0.4) is 0 Å². The summed E-state index contributed by atoms with van der Waals surface area (Å²) in [5, 5.41) is 17.3. The van der Waals surface area contributed by atoms with Crippen LogP contribution in [0.5, 0.6) is 0 Å². The summed E-state index contributed by atoms with van der Waals surface area (Å²) in [4.78, 5) is 21.1. The fourth-order valence-corrected chi connectivity index (χ4v) is 2.28. The Hall–Kier alpha value is -1.06. The zero-order valence-electron chi connectivity index (χ0n) is 8.11. The Bertz CT molecular complexity index is 202. The van der Waals surface area contributed by atoms with E-state index in [0.717, 1.165) is 25.7 Å². The van der Waals surface area contributed by atoms with E-state index in [-0.39, 0.29) is 18.8 Å². The van der Waals surface area contributed by atoms with Crippen LogP contribution in [-0.2, 0) is 9.59 Å². The van der Waals surface area contributed by atoms with Crippen LogP contribution in [-0.4, -0.2) is 22.2 Å². The Balaban J connectivity index is 2.50. The van der Waals surface area contributed by atoms with Gasteiger partial charge in [-0.1, -0.05) is 25.7 Å². The summed E-state index contributed by atoms with van der Waals surface area (Å²) in [5.41, 5.74) is 0. The first-order valence-corrected chi connectivity index (χ1v) is 5.03. The zero-order chi connectivity index (χ0) is 10.6. The molecular weight excluding hydrogens is 184 g/mol. The zero-order valence-corrected chi connectivity index (χ0v) is 8.11. The fraction of sp³-hybridized carbons (Fsp3) is 0.800. The molecule has 2 N–H and O–H groups in total. The van der Waals surface area contributed by atoms with Crippen LogP contribution in [0.25, 0.3) is 0 Å². The summed E-state index contributed by atoms with van der Waals surface area (Å²) in [6.45, 7) is 0. The lowest BCUT2D eigenvalue weighted by Gasteiger charge is -2.19. The fourth-order valence-electron chi connectivity index (χ4n) is 2.28. The Morgan fingerprint density at radius 1 is 1.07 bits per heavy atom. The predicted molar refractivity (Wildman–Crippen MR) is 50.0 cm³/mol. The number of aliphatic carboxylic acids is 2. The second-order valence-corrected chi connectivity index (χ2v) is 4.00. The van der Waals surface area contributed by atoms with Crippen molar-refractivity contribution in [2.75, 3.05) is 0 Å². The van der Waals surface area contributed by atoms with Gasteiger partial charge in [-0.3, -0.25) is 9.59 Å². The van der Waals surface area contributed by atoms with E-state index in [9.17, 15) is 9.59 Å². The molecule has 4 nitrogen and oxygen atoms in total. The van der Waals surface area contributed by atoms with Gasteiger partial charge < -0.3 is 10.2 Å². The monoisotopic (exact) mass is 200 g/mol. The Kier molecular flexibility index (Phi) is 3.92. The molecule has 80 valence electrons. The van der Waals surface area contributed by atoms with Gasteiger partial charge in [0.15, 0.2) is 0 Å². The third-order valence-electron chi connectivity index (χ3n) is 2.94. The van der Waals surface area contributed by atoms with Gasteiger partial charge in [-0.25, -0.2) is 0 Å². The SMILES string of the molecule is O=C(O)CC(CC(=O)O)C1CCCC1. The number of carbonyl (C=O) groups is 2. The van der Waals surface area contributed by atoms with E-state index >= 15 is 0 Å². The van der Waals surface area contributed by atoms with Crippen molar-refractivity contribution in [3.8, 4) is 0 Å². The average Bonchev–Trinajstić information content (AvgIpc) is 2.52. The van der Waals surface area contributed by atoms with Crippen molar-refractivity contribution in [2.45, 2.75) is 38.5 Å². The van der Waals surface area contributed by atoms with Crippen LogP contribution in [0.2, 0.25) is 0 Å². The van der Waals surface area contributed by atoms with Crippen LogP contribution in [0, 0.1) is 11.8 Å². The Morgan fingerprint density at radius 2 is 1.50 bits per heavy atom. The van der Waals surface area contributed by atoms with Gasteiger partial charge in [0.1, 0.15) is 0 Å². The largest absolute Gasteiger partial charge is 0.481 e. The molecule has 0 heterocycles. The van der Waals surface area contributed by atoms with Gasteiger partial charge in [-0.2, -0.15) is 0 Å². The highest BCUT2D eigenvalue weighted by atomic mass is 16.4. The van der Waals surface area contributed by atoms with Crippen LogP contribution >= 0.6 is 0 Å². The summed E-state index contributed by atoms with van der Waals surface area (Å²) in [5.74, 6) is -1.64. The standard InChI is InChI=1S/C10H16O4/c11-9(12)5-8(6-10(13)14)7-3-1-2-4-7/h7-8H,1-6H2,(H,11,12)(H,13,14). The molecule has 0 spiro atoms. The van der Waals surface area contributed by atoms with E-state index < -0.39 is 11.9 Å². The topological polar surface area (TPSA) is 74.6 Å². The molecule has 4 heteroatoms. The van der Waals surface area contributed by atoms with Gasteiger partial charge in [0.2, 0.25) is 0 Å². The highest BCUT2D eigenvalue weighted by Crippen LogP contribution is 2.34. The maximum absolute atomic E-state index is 10.6. The first-order chi connectivity index (χ1) is 6.59. The molecule has 0 atom stereocenters. The van der Waals surface area contributed by atoms with Gasteiger partial charge in [-0.15, -0.1) is 0 Å². The van der Waals surface area contributed by atoms with E-state index in [0.29, 0.717) is 5.92 Å². The van der Waals surface area contributed by atoms with Gasteiger partial charge in [0, 0.05) is 12.8 Å². The molecule has 1 saturated carbocycles. The normalized spacial score (nSPS) is 17.5. The quantitative estimate of drug-likeness (QED) is 0.708. The molecule has 0 amide bonds. The minimum absolute atomic E-state index is 0.00301. The predicted octanol–water partition coefficient (Wildman–Crippen LogP) is 1.74. The second-order valence-electron chi connectivity index (χ2n) is 4.00. The molecule has 14 heavy (non-hydrogen) atoms. The van der Waals surface area contributed by atoms with E-state index in [2.05, 4.69) is 0 Å². The smallest absolute Gasteiger partial charge is 0.303 e. The van der Waals surface area contributed by atoms with Gasteiger partial charge >= 0.3 is 11.9 Å². The van der Waals surface area contributed by atoms with Crippen molar-refractivity contribution >= 4 is 11.9 Å². The molecule has 0 bridgehead atoms. The number of hydrogen-bond donors (Lipinski definition) is 2. The van der Waals surface area contributed by atoms with Crippen LogP contribution < -0.4 is 0 Å². The van der Waals surface area contributed by atoms with Crippen LogP contribution in [0.1, 0.15) is 38.5 Å². The molecule has 1 aliphatic carbocycles. The number of carboxylic acids is 2. The molecule has 1 aliphatic rings. The third kappa shape index (κ3) is 3.36. The second kappa shape index (κ2) is 4.98. The maximum atomic E-state index is 10.6. The first-order valence-electron chi connectivity index (χ1n) is 5.03. The van der Waals surface area contributed by atoms with Gasteiger partial charge in [-0.05, 0) is 11.8 Å². The molecule has 0 aromatic heterocycles. The van der Waals surface area contributed by atoms with Crippen LogP contribution in [0.4, 0.5) is 0 Å². The lowest BCUT2D eigenvalue weighted by molar-refractivity contribution is -0.141. The molecule has 1 rings (SSSR count). The van der Waals surface area contributed by atoms with Crippen molar-refractivity contribution in [1.82, 2.24) is 0 Å². The van der Waals surface area contributed by atoms with Crippen molar-refractivity contribution in [3.63, 3.8) is 0 Å². The summed E-state index contributed by atoms with van der Waals surface area (Å²) >= 11 is 0. The summed E-state index contributed by atoms with van der Waals surface area (Å²) in [7, 11) is 0. The average molecular weight is 200 g/mol. The number of rotatable bonds is 5. The summed E-state index contributed by atoms with van der Waals surface area (Å²) in [6, 6.07) is 0. The summed E-state index contributed by atoms with van der Waals surface area (Å²) < 4.78 is 0. The van der Waals surface area contributed by atoms with Crippen molar-refractivity contribution < 1.29 is 19.8 Å². The molecule has 1 fully saturated rings. The highest BCUT2D eigenvalue weighted by molar-refractivity contribution is 5.70. The van der Waals surface area contributed by atoms with Crippen molar-refractivity contribution in [2.24, 2.45) is 11.8 Å². The number of hydrogen-bond acceptors (Lipinski definition) is 2. The highest BCUT2D eigenvalue weighted by Gasteiger charge is 2.28. The lowest BCUT2D eigenvalue weighted by atomic mass is 9.85. The molecular formula is C10H16O4. The maximum Gasteiger partial charge on any atom is 0.303 e. The lowest BCUT2D eigenvalue weighted by Crippen LogP contribution is -2.19. The first kappa shape index (κ1) is 11.0. The van der Waals surface area contributed by atoms with Gasteiger partial charge in [0.05, 0.1) is 0 Å². The van der Waals surface area contributed by atoms with E-state index in [1.54, 1.807) is 0 Å². The Labute approximate surface area is 82.9 Å². The Morgan fingerprint density at radius 3 is 1.86 bits per heavy atom. The summed E-state index contributed by atoms with van der Waals surface area (Å²) in [6.07, 6.45) is 4.20. The number of carboxylic acid groups (broad SMARTS) is 2.